The van der Waals surface area contributed by atoms with E-state index in [9.17, 15) is 9.18 Å². The van der Waals surface area contributed by atoms with Gasteiger partial charge in [-0.1, -0.05) is 11.6 Å². The first kappa shape index (κ1) is 17.5. The lowest BCUT2D eigenvalue weighted by Crippen LogP contribution is -2.10. The number of aryl methyl sites for hydroxylation is 1. The van der Waals surface area contributed by atoms with Gasteiger partial charge in [-0.05, 0) is 19.1 Å². The van der Waals surface area contributed by atoms with E-state index in [0.717, 1.165) is 0 Å². The van der Waals surface area contributed by atoms with Crippen molar-refractivity contribution < 1.29 is 9.50 Å². The molecule has 0 atom stereocenters. The van der Waals surface area contributed by atoms with Gasteiger partial charge in [-0.15, -0.1) is 0 Å². The Morgan fingerprint density at radius 1 is 1.30 bits per heavy atom. The molecule has 8 nitrogen and oxygen atoms in total. The van der Waals surface area contributed by atoms with E-state index in [4.69, 9.17) is 16.7 Å². The Bertz CT molecular complexity index is 1210. The summed E-state index contributed by atoms with van der Waals surface area (Å²) in [5.74, 6) is -0.401. The number of imidazole rings is 1. The molecule has 10 heteroatoms. The topological polar surface area (TPSA) is 112 Å². The number of aliphatic hydroxyl groups excluding tert-OH is 1. The van der Waals surface area contributed by atoms with Gasteiger partial charge < -0.3 is 20.4 Å². The van der Waals surface area contributed by atoms with Crippen LogP contribution in [0.2, 0.25) is 5.02 Å². The first-order valence-electron chi connectivity index (χ1n) is 8.35. The number of rotatable bonds is 5. The molecule has 0 amide bonds. The Morgan fingerprint density at radius 3 is 2.85 bits per heavy atom. The number of H-pyrrole nitrogens is 2. The van der Waals surface area contributed by atoms with Crippen LogP contribution in [0.5, 0.6) is 0 Å². The van der Waals surface area contributed by atoms with E-state index in [-0.39, 0.29) is 35.1 Å². The van der Waals surface area contributed by atoms with Gasteiger partial charge >= 0.3 is 0 Å². The van der Waals surface area contributed by atoms with Crippen LogP contribution in [-0.4, -0.2) is 43.0 Å². The molecule has 4 N–H and O–H groups in total. The van der Waals surface area contributed by atoms with Crippen molar-refractivity contribution in [2.75, 3.05) is 18.5 Å². The standard InChI is InChI=1S/C17H16ClFN6O2/c1-2-25-7-11-15(24-25)13(18)12(17(27)22-11)16-21-10-6-8(20-3-4-26)5-9(19)14(10)23-16/h5-7,20,26H,2-4H2,1H3,(H,21,23)(H,22,27). The molecular weight excluding hydrogens is 375 g/mol. The number of fused-ring (bicyclic) bond motifs is 2. The predicted molar refractivity (Wildman–Crippen MR) is 102 cm³/mol. The minimum Gasteiger partial charge on any atom is -0.395 e. The van der Waals surface area contributed by atoms with Crippen LogP contribution in [0.3, 0.4) is 0 Å². The van der Waals surface area contributed by atoms with Crippen molar-refractivity contribution in [1.82, 2.24) is 24.7 Å². The second kappa shape index (κ2) is 6.67. The lowest BCUT2D eigenvalue weighted by molar-refractivity contribution is 0.311. The van der Waals surface area contributed by atoms with Crippen molar-refractivity contribution in [3.63, 3.8) is 0 Å². The molecule has 0 aliphatic rings. The summed E-state index contributed by atoms with van der Waals surface area (Å²) in [6, 6.07) is 2.93. The summed E-state index contributed by atoms with van der Waals surface area (Å²) >= 11 is 6.43. The van der Waals surface area contributed by atoms with Crippen LogP contribution in [-0.2, 0) is 6.54 Å². The number of benzene rings is 1. The number of hydrogen-bond donors (Lipinski definition) is 4. The highest BCUT2D eigenvalue weighted by atomic mass is 35.5. The fourth-order valence-corrected chi connectivity index (χ4v) is 3.26. The number of anilines is 1. The highest BCUT2D eigenvalue weighted by Crippen LogP contribution is 2.30. The van der Waals surface area contributed by atoms with Crippen molar-refractivity contribution in [3.05, 3.63) is 39.5 Å². The number of nitrogens with zero attached hydrogens (tertiary/aromatic N) is 3. The first-order valence-corrected chi connectivity index (χ1v) is 8.73. The fourth-order valence-electron chi connectivity index (χ4n) is 2.95. The monoisotopic (exact) mass is 390 g/mol. The van der Waals surface area contributed by atoms with E-state index < -0.39 is 11.4 Å². The van der Waals surface area contributed by atoms with E-state index in [2.05, 4.69) is 25.4 Å². The average molecular weight is 391 g/mol. The van der Waals surface area contributed by atoms with E-state index in [1.807, 2.05) is 6.92 Å². The summed E-state index contributed by atoms with van der Waals surface area (Å²) in [6.45, 7) is 2.75. The molecule has 1 aromatic carbocycles. The number of pyridine rings is 1. The molecule has 0 aliphatic carbocycles. The van der Waals surface area contributed by atoms with Gasteiger partial charge in [0.25, 0.3) is 5.56 Å². The summed E-state index contributed by atoms with van der Waals surface area (Å²) < 4.78 is 16.0. The Morgan fingerprint density at radius 2 is 2.11 bits per heavy atom. The molecule has 4 rings (SSSR count). The maximum absolute atomic E-state index is 14.4. The number of aliphatic hydroxyl groups is 1. The largest absolute Gasteiger partial charge is 0.395 e. The van der Waals surface area contributed by atoms with Gasteiger partial charge in [-0.25, -0.2) is 9.37 Å². The molecule has 4 aromatic rings. The smallest absolute Gasteiger partial charge is 0.261 e. The second-order valence-electron chi connectivity index (χ2n) is 5.98. The Hall–Kier alpha value is -2.91. The third kappa shape index (κ3) is 2.94. The second-order valence-corrected chi connectivity index (χ2v) is 6.36. The molecule has 27 heavy (non-hydrogen) atoms. The molecule has 0 saturated carbocycles. The highest BCUT2D eigenvalue weighted by molar-refractivity contribution is 6.37. The zero-order valence-corrected chi connectivity index (χ0v) is 15.1. The van der Waals surface area contributed by atoms with Gasteiger partial charge in [0.05, 0.1) is 22.7 Å². The molecular formula is C17H16ClFN6O2. The van der Waals surface area contributed by atoms with Crippen LogP contribution in [0.25, 0.3) is 33.5 Å². The lowest BCUT2D eigenvalue weighted by atomic mass is 10.2. The SMILES string of the molecule is CCn1cc2[nH]c(=O)c(-c3nc4c(F)cc(NCCO)cc4[nH]3)c(Cl)c2n1. The first-order chi connectivity index (χ1) is 13.0. The van der Waals surface area contributed by atoms with Gasteiger partial charge in [0.2, 0.25) is 0 Å². The van der Waals surface area contributed by atoms with Gasteiger partial charge in [0, 0.05) is 25.0 Å². The molecule has 0 radical (unpaired) electrons. The number of hydrogen-bond acceptors (Lipinski definition) is 5. The molecule has 0 aliphatic heterocycles. The molecule has 0 fully saturated rings. The lowest BCUT2D eigenvalue weighted by Gasteiger charge is -2.04. The normalized spacial score (nSPS) is 11.6. The number of nitrogens with one attached hydrogen (secondary N) is 3. The summed E-state index contributed by atoms with van der Waals surface area (Å²) in [5, 5.41) is 16.3. The van der Waals surface area contributed by atoms with Crippen molar-refractivity contribution in [2.24, 2.45) is 0 Å². The maximum Gasteiger partial charge on any atom is 0.261 e. The Kier molecular flexibility index (Phi) is 4.33. The number of aromatic amines is 2. The number of halogens is 2. The van der Waals surface area contributed by atoms with Crippen LogP contribution in [0.15, 0.2) is 23.1 Å². The Labute approximate surface area is 157 Å². The summed E-state index contributed by atoms with van der Waals surface area (Å²) in [5.41, 5.74) is 1.61. The third-order valence-corrected chi connectivity index (χ3v) is 4.57. The number of aromatic nitrogens is 5. The van der Waals surface area contributed by atoms with E-state index in [0.29, 0.717) is 28.8 Å². The van der Waals surface area contributed by atoms with Crippen molar-refractivity contribution in [2.45, 2.75) is 13.5 Å². The van der Waals surface area contributed by atoms with Crippen LogP contribution < -0.4 is 10.9 Å². The minimum atomic E-state index is -0.556. The molecule has 0 saturated heterocycles. The minimum absolute atomic E-state index is 0.0801. The zero-order chi connectivity index (χ0) is 19.1. The van der Waals surface area contributed by atoms with Crippen molar-refractivity contribution >= 4 is 39.4 Å². The summed E-state index contributed by atoms with van der Waals surface area (Å²) in [6.07, 6.45) is 1.70. The van der Waals surface area contributed by atoms with Gasteiger partial charge in [-0.3, -0.25) is 9.48 Å². The van der Waals surface area contributed by atoms with E-state index in [1.54, 1.807) is 16.9 Å². The van der Waals surface area contributed by atoms with Crippen molar-refractivity contribution in [1.29, 1.82) is 0 Å². The van der Waals surface area contributed by atoms with Crippen LogP contribution in [0, 0.1) is 5.82 Å². The molecule has 0 unspecified atom stereocenters. The third-order valence-electron chi connectivity index (χ3n) is 4.21. The molecule has 3 aromatic heterocycles. The van der Waals surface area contributed by atoms with Crippen LogP contribution >= 0.6 is 11.6 Å². The molecule has 0 spiro atoms. The van der Waals surface area contributed by atoms with Crippen LogP contribution in [0.4, 0.5) is 10.1 Å². The fraction of sp³-hybridized carbons (Fsp3) is 0.235. The molecule has 140 valence electrons. The van der Waals surface area contributed by atoms with Gasteiger partial charge in [0.1, 0.15) is 22.4 Å². The molecule has 3 heterocycles. The average Bonchev–Trinajstić information content (AvgIpc) is 3.24. The summed E-state index contributed by atoms with van der Waals surface area (Å²) in [7, 11) is 0. The zero-order valence-electron chi connectivity index (χ0n) is 14.3. The Balaban J connectivity index is 1.89. The van der Waals surface area contributed by atoms with E-state index >= 15 is 0 Å². The van der Waals surface area contributed by atoms with Gasteiger partial charge in [0.15, 0.2) is 5.82 Å². The highest BCUT2D eigenvalue weighted by Gasteiger charge is 2.20. The van der Waals surface area contributed by atoms with Gasteiger partial charge in [-0.2, -0.15) is 5.10 Å². The summed E-state index contributed by atoms with van der Waals surface area (Å²) in [4.78, 5) is 22.4. The molecule has 0 bridgehead atoms. The van der Waals surface area contributed by atoms with Crippen LogP contribution in [0.1, 0.15) is 6.92 Å². The maximum atomic E-state index is 14.4. The predicted octanol–water partition coefficient (Wildman–Crippen LogP) is 2.48. The van der Waals surface area contributed by atoms with Crippen molar-refractivity contribution in [3.8, 4) is 11.4 Å². The quantitative estimate of drug-likeness (QED) is 0.418. The van der Waals surface area contributed by atoms with E-state index in [1.165, 1.54) is 6.07 Å².